The number of allylic oxidation sites excluding steroid dienone is 2. The highest BCUT2D eigenvalue weighted by atomic mass is 16.4. The van der Waals surface area contributed by atoms with Crippen LogP contribution in [0.2, 0.25) is 0 Å². The van der Waals surface area contributed by atoms with Crippen LogP contribution in [0.4, 0.5) is 0 Å². The Morgan fingerprint density at radius 2 is 2.05 bits per heavy atom. The quantitative estimate of drug-likeness (QED) is 0.863. The van der Waals surface area contributed by atoms with Gasteiger partial charge in [0.25, 0.3) is 0 Å². The molecule has 5 heteroatoms. The van der Waals surface area contributed by atoms with Crippen molar-refractivity contribution in [3.8, 4) is 0 Å². The molecule has 0 aliphatic heterocycles. The van der Waals surface area contributed by atoms with Gasteiger partial charge in [0.1, 0.15) is 0 Å². The first kappa shape index (κ1) is 12.3. The smallest absolute Gasteiger partial charge is 0.356 e. The molecule has 20 heavy (non-hydrogen) atoms. The Kier molecular flexibility index (Phi) is 2.75. The Morgan fingerprint density at radius 1 is 1.30 bits per heavy atom. The number of aryl methyl sites for hydroxylation is 1. The van der Waals surface area contributed by atoms with Gasteiger partial charge in [-0.2, -0.15) is 0 Å². The summed E-state index contributed by atoms with van der Waals surface area (Å²) in [5.41, 5.74) is 2.47. The maximum Gasteiger partial charge on any atom is 0.356 e. The zero-order valence-electron chi connectivity index (χ0n) is 10.8. The second kappa shape index (κ2) is 4.45. The number of rotatable bonds is 3. The third kappa shape index (κ3) is 1.84. The molecule has 100 valence electrons. The van der Waals surface area contributed by atoms with E-state index < -0.39 is 5.97 Å². The number of Topliss-reactive ketones (excluding diaryl/α,β-unsaturated/α-hetero) is 1. The van der Waals surface area contributed by atoms with E-state index in [2.05, 4.69) is 4.98 Å². The molecule has 3 rings (SSSR count). The second-order valence-electron chi connectivity index (χ2n) is 4.67. The summed E-state index contributed by atoms with van der Waals surface area (Å²) in [6.07, 6.45) is 3.92. The van der Waals surface area contributed by atoms with Crippen LogP contribution in [0.3, 0.4) is 0 Å². The third-order valence-corrected chi connectivity index (χ3v) is 3.38. The van der Waals surface area contributed by atoms with Crippen LogP contribution in [0.15, 0.2) is 36.5 Å². The Labute approximate surface area is 115 Å². The first-order valence-electron chi connectivity index (χ1n) is 6.17. The maximum atomic E-state index is 12.5. The molecule has 1 heterocycles. The molecule has 5 nitrogen and oxygen atoms in total. The van der Waals surface area contributed by atoms with Gasteiger partial charge in [0.15, 0.2) is 11.5 Å². The fourth-order valence-electron chi connectivity index (χ4n) is 2.40. The van der Waals surface area contributed by atoms with Gasteiger partial charge in [0.2, 0.25) is 5.78 Å². The Bertz CT molecular complexity index is 756. The average molecular weight is 268 g/mol. The summed E-state index contributed by atoms with van der Waals surface area (Å²) in [6, 6.07) is 7.69. The van der Waals surface area contributed by atoms with Crippen molar-refractivity contribution >= 4 is 17.3 Å². The molecule has 2 aromatic rings. The highest BCUT2D eigenvalue weighted by Gasteiger charge is 2.25. The standard InChI is InChI=1S/C15H12N2O3/c1-17-8-12(15(19)20)16-14(17)13(18)11-7-6-9-4-2-3-5-10(9)11/h2-5,7-8H,6H2,1H3,(H,19,20). The van der Waals surface area contributed by atoms with Gasteiger partial charge < -0.3 is 9.67 Å². The van der Waals surface area contributed by atoms with Gasteiger partial charge in [-0.05, 0) is 17.5 Å². The molecule has 0 amide bonds. The molecule has 0 radical (unpaired) electrons. The normalized spacial score (nSPS) is 12.9. The maximum absolute atomic E-state index is 12.5. The lowest BCUT2D eigenvalue weighted by molar-refractivity contribution is 0.0691. The minimum absolute atomic E-state index is 0.122. The van der Waals surface area contributed by atoms with E-state index in [1.807, 2.05) is 30.3 Å². The van der Waals surface area contributed by atoms with Crippen molar-refractivity contribution in [1.29, 1.82) is 0 Å². The van der Waals surface area contributed by atoms with E-state index in [0.29, 0.717) is 12.0 Å². The molecular weight excluding hydrogens is 256 g/mol. The lowest BCUT2D eigenvalue weighted by Crippen LogP contribution is -2.09. The van der Waals surface area contributed by atoms with Crippen LogP contribution in [-0.2, 0) is 13.5 Å². The van der Waals surface area contributed by atoms with Gasteiger partial charge >= 0.3 is 5.97 Å². The van der Waals surface area contributed by atoms with Crippen LogP contribution in [0.1, 0.15) is 32.2 Å². The first-order chi connectivity index (χ1) is 9.58. The van der Waals surface area contributed by atoms with Gasteiger partial charge in [-0.3, -0.25) is 4.79 Å². The number of imidazole rings is 1. The highest BCUT2D eigenvalue weighted by Crippen LogP contribution is 2.29. The number of hydrogen-bond donors (Lipinski definition) is 1. The van der Waals surface area contributed by atoms with E-state index in [4.69, 9.17) is 5.11 Å². The van der Waals surface area contributed by atoms with Crippen molar-refractivity contribution in [3.05, 3.63) is 59.2 Å². The molecule has 0 saturated carbocycles. The second-order valence-corrected chi connectivity index (χ2v) is 4.67. The average Bonchev–Trinajstić information content (AvgIpc) is 3.01. The fraction of sp³-hybridized carbons (Fsp3) is 0.133. The first-order valence-corrected chi connectivity index (χ1v) is 6.17. The van der Waals surface area contributed by atoms with Crippen LogP contribution in [-0.4, -0.2) is 26.4 Å². The number of carbonyl (C=O) groups is 2. The van der Waals surface area contributed by atoms with Gasteiger partial charge in [0, 0.05) is 18.8 Å². The lowest BCUT2D eigenvalue weighted by Gasteiger charge is -2.04. The van der Waals surface area contributed by atoms with Crippen molar-refractivity contribution in [2.75, 3.05) is 0 Å². The molecule has 1 aromatic carbocycles. The predicted molar refractivity (Wildman–Crippen MR) is 72.6 cm³/mol. The van der Waals surface area contributed by atoms with Gasteiger partial charge in [0.05, 0.1) is 0 Å². The number of carbonyl (C=O) groups excluding carboxylic acids is 1. The largest absolute Gasteiger partial charge is 0.476 e. The number of aromatic carboxylic acids is 1. The Balaban J connectivity index is 2.01. The number of ketones is 1. The molecule has 0 fully saturated rings. The molecule has 0 spiro atoms. The summed E-state index contributed by atoms with van der Waals surface area (Å²) in [5.74, 6) is -1.24. The van der Waals surface area contributed by atoms with Crippen molar-refractivity contribution in [3.63, 3.8) is 0 Å². The topological polar surface area (TPSA) is 72.2 Å². The van der Waals surface area contributed by atoms with E-state index in [9.17, 15) is 9.59 Å². The number of carboxylic acids is 1. The molecule has 1 aromatic heterocycles. The molecule has 0 saturated heterocycles. The number of hydrogen-bond acceptors (Lipinski definition) is 3. The summed E-state index contributed by atoms with van der Waals surface area (Å²) in [4.78, 5) is 27.3. The zero-order chi connectivity index (χ0) is 14.3. The SMILES string of the molecule is Cn1cc(C(=O)O)nc1C(=O)C1=CCc2ccccc21. The Hall–Kier alpha value is -2.69. The molecule has 0 atom stereocenters. The van der Waals surface area contributed by atoms with E-state index >= 15 is 0 Å². The Morgan fingerprint density at radius 3 is 2.75 bits per heavy atom. The summed E-state index contributed by atoms with van der Waals surface area (Å²) in [7, 11) is 1.62. The number of carboxylic acid groups (broad SMARTS) is 1. The minimum atomic E-state index is -1.14. The number of nitrogens with zero attached hydrogens (tertiary/aromatic N) is 2. The van der Waals surface area contributed by atoms with E-state index in [-0.39, 0.29) is 17.3 Å². The summed E-state index contributed by atoms with van der Waals surface area (Å²) in [6.45, 7) is 0. The van der Waals surface area contributed by atoms with Gasteiger partial charge in [-0.25, -0.2) is 9.78 Å². The lowest BCUT2D eigenvalue weighted by atomic mass is 10.0. The van der Waals surface area contributed by atoms with Crippen LogP contribution in [0.5, 0.6) is 0 Å². The molecule has 1 aliphatic carbocycles. The fourth-order valence-corrected chi connectivity index (χ4v) is 2.40. The summed E-state index contributed by atoms with van der Waals surface area (Å²) in [5, 5.41) is 8.93. The van der Waals surface area contributed by atoms with Crippen LogP contribution in [0, 0.1) is 0 Å². The zero-order valence-corrected chi connectivity index (χ0v) is 10.8. The van der Waals surface area contributed by atoms with Crippen LogP contribution in [0.25, 0.3) is 5.57 Å². The van der Waals surface area contributed by atoms with Gasteiger partial charge in [-0.15, -0.1) is 0 Å². The molecule has 1 aliphatic rings. The predicted octanol–water partition coefficient (Wildman–Crippen LogP) is 1.94. The number of aromatic nitrogens is 2. The highest BCUT2D eigenvalue weighted by molar-refractivity contribution is 6.28. The van der Waals surface area contributed by atoms with Crippen molar-refractivity contribution in [2.45, 2.75) is 6.42 Å². The van der Waals surface area contributed by atoms with Crippen molar-refractivity contribution < 1.29 is 14.7 Å². The van der Waals surface area contributed by atoms with Crippen molar-refractivity contribution in [1.82, 2.24) is 9.55 Å². The minimum Gasteiger partial charge on any atom is -0.476 e. The molecule has 1 N–H and O–H groups in total. The monoisotopic (exact) mass is 268 g/mol. The van der Waals surface area contributed by atoms with Crippen LogP contribution >= 0.6 is 0 Å². The van der Waals surface area contributed by atoms with Gasteiger partial charge in [-0.1, -0.05) is 30.3 Å². The molecule has 0 unspecified atom stereocenters. The van der Waals surface area contributed by atoms with E-state index in [1.165, 1.54) is 10.8 Å². The van der Waals surface area contributed by atoms with E-state index in [0.717, 1.165) is 11.1 Å². The number of fused-ring (bicyclic) bond motifs is 1. The number of benzene rings is 1. The third-order valence-electron chi connectivity index (χ3n) is 3.38. The van der Waals surface area contributed by atoms with Crippen LogP contribution < -0.4 is 0 Å². The summed E-state index contributed by atoms with van der Waals surface area (Å²) < 4.78 is 1.45. The van der Waals surface area contributed by atoms with E-state index in [1.54, 1.807) is 7.05 Å². The molecular formula is C15H12N2O3. The van der Waals surface area contributed by atoms with Crippen molar-refractivity contribution in [2.24, 2.45) is 7.05 Å². The molecule has 0 bridgehead atoms. The summed E-state index contributed by atoms with van der Waals surface area (Å²) >= 11 is 0.